The Kier molecular flexibility index (Phi) is 3.70. The molecular formula is C15H17N3O2. The van der Waals surface area contributed by atoms with Crippen LogP contribution in [0.5, 0.6) is 0 Å². The van der Waals surface area contributed by atoms with E-state index in [1.807, 2.05) is 30.7 Å². The first-order valence-electron chi connectivity index (χ1n) is 6.35. The molecule has 0 spiro atoms. The fourth-order valence-electron chi connectivity index (χ4n) is 2.14. The lowest BCUT2D eigenvalue weighted by atomic mass is 10.1. The van der Waals surface area contributed by atoms with E-state index < -0.39 is 4.92 Å². The average Bonchev–Trinajstić information content (AvgIpc) is 2.66. The smallest absolute Gasteiger partial charge is 0.235 e. The van der Waals surface area contributed by atoms with E-state index in [0.29, 0.717) is 0 Å². The molecule has 0 saturated carbocycles. The summed E-state index contributed by atoms with van der Waals surface area (Å²) in [6.07, 6.45) is 2.44. The summed E-state index contributed by atoms with van der Waals surface area (Å²) >= 11 is 0. The molecule has 2 rings (SSSR count). The first-order valence-corrected chi connectivity index (χ1v) is 6.35. The third-order valence-corrected chi connectivity index (χ3v) is 3.45. The predicted octanol–water partition coefficient (Wildman–Crippen LogP) is 3.35. The molecule has 2 aromatic rings. The molecule has 0 atom stereocenters. The lowest BCUT2D eigenvalue weighted by molar-refractivity contribution is -0.400. The third kappa shape index (κ3) is 2.61. The topological polar surface area (TPSA) is 61.0 Å². The number of benzene rings is 1. The van der Waals surface area contributed by atoms with Crippen LogP contribution in [0.3, 0.4) is 0 Å². The van der Waals surface area contributed by atoms with Crippen molar-refractivity contribution in [3.05, 3.63) is 62.6 Å². The summed E-state index contributed by atoms with van der Waals surface area (Å²) in [5.74, 6) is 0. The first kappa shape index (κ1) is 14.0. The highest BCUT2D eigenvalue weighted by Crippen LogP contribution is 2.21. The van der Waals surface area contributed by atoms with Gasteiger partial charge in [-0.1, -0.05) is 6.07 Å². The fraction of sp³-hybridized carbons (Fsp3) is 0.267. The Morgan fingerprint density at radius 2 is 1.90 bits per heavy atom. The van der Waals surface area contributed by atoms with Crippen LogP contribution in [0.4, 0.5) is 0 Å². The summed E-state index contributed by atoms with van der Waals surface area (Å²) in [4.78, 5) is 9.98. The minimum absolute atomic E-state index is 0.466. The minimum Gasteiger partial charge on any atom is -0.259 e. The third-order valence-electron chi connectivity index (χ3n) is 3.45. The van der Waals surface area contributed by atoms with Gasteiger partial charge in [0, 0.05) is 17.3 Å². The van der Waals surface area contributed by atoms with Crippen molar-refractivity contribution in [2.24, 2.45) is 0 Å². The van der Waals surface area contributed by atoms with Crippen molar-refractivity contribution in [1.29, 1.82) is 0 Å². The zero-order valence-electron chi connectivity index (χ0n) is 12.0. The summed E-state index contributed by atoms with van der Waals surface area (Å²) in [7, 11) is 0. The quantitative estimate of drug-likeness (QED) is 0.635. The van der Waals surface area contributed by atoms with E-state index in [1.165, 1.54) is 17.2 Å². The number of aryl methyl sites for hydroxylation is 3. The van der Waals surface area contributed by atoms with E-state index >= 15 is 0 Å². The summed E-state index contributed by atoms with van der Waals surface area (Å²) in [6, 6.07) is 6.12. The number of rotatable bonds is 3. The second kappa shape index (κ2) is 5.28. The molecule has 5 nitrogen and oxygen atoms in total. The Bertz CT molecular complexity index is 699. The molecule has 0 radical (unpaired) electrons. The Hall–Kier alpha value is -2.43. The van der Waals surface area contributed by atoms with E-state index in [1.54, 1.807) is 0 Å². The van der Waals surface area contributed by atoms with Crippen molar-refractivity contribution in [1.82, 2.24) is 9.78 Å². The molecule has 1 heterocycles. The molecule has 0 bridgehead atoms. The van der Waals surface area contributed by atoms with Crippen molar-refractivity contribution < 1.29 is 4.92 Å². The van der Waals surface area contributed by atoms with Crippen LogP contribution in [0.15, 0.2) is 24.4 Å². The van der Waals surface area contributed by atoms with Gasteiger partial charge in [-0.15, -0.1) is 0 Å². The van der Waals surface area contributed by atoms with E-state index in [4.69, 9.17) is 0 Å². The highest BCUT2D eigenvalue weighted by Gasteiger charge is 2.11. The van der Waals surface area contributed by atoms with Crippen LogP contribution >= 0.6 is 0 Å². The SMILES string of the molecule is Cc1ccc(-n2nc(C)c(/C=C/[N+](=O)[O-])c2C)cc1C. The molecule has 0 amide bonds. The maximum atomic E-state index is 10.4. The van der Waals surface area contributed by atoms with Gasteiger partial charge in [0.2, 0.25) is 6.20 Å². The van der Waals surface area contributed by atoms with Gasteiger partial charge in [0.05, 0.1) is 16.3 Å². The van der Waals surface area contributed by atoms with Crippen molar-refractivity contribution in [2.45, 2.75) is 27.7 Å². The maximum absolute atomic E-state index is 10.4. The Labute approximate surface area is 117 Å². The number of hydrogen-bond donors (Lipinski definition) is 0. The molecule has 1 aromatic carbocycles. The van der Waals surface area contributed by atoms with Gasteiger partial charge in [0.15, 0.2) is 0 Å². The predicted molar refractivity (Wildman–Crippen MR) is 78.5 cm³/mol. The van der Waals surface area contributed by atoms with Crippen LogP contribution in [0.25, 0.3) is 11.8 Å². The summed E-state index contributed by atoms with van der Waals surface area (Å²) in [5, 5.41) is 14.9. The maximum Gasteiger partial charge on any atom is 0.235 e. The molecule has 0 saturated heterocycles. The molecular weight excluding hydrogens is 254 g/mol. The standard InChI is InChI=1S/C15H17N3O2/c1-10-5-6-14(9-11(10)2)18-13(4)15(12(3)16-18)7-8-17(19)20/h5-9H,1-4H3/b8-7+. The van der Waals surface area contributed by atoms with Gasteiger partial charge >= 0.3 is 0 Å². The van der Waals surface area contributed by atoms with Gasteiger partial charge in [-0.25, -0.2) is 4.68 Å². The molecule has 20 heavy (non-hydrogen) atoms. The molecule has 0 fully saturated rings. The highest BCUT2D eigenvalue weighted by atomic mass is 16.6. The second-order valence-electron chi connectivity index (χ2n) is 4.87. The molecule has 1 aromatic heterocycles. The van der Waals surface area contributed by atoms with Gasteiger partial charge in [0.1, 0.15) is 0 Å². The van der Waals surface area contributed by atoms with Crippen LogP contribution < -0.4 is 0 Å². The van der Waals surface area contributed by atoms with Crippen LogP contribution in [0.2, 0.25) is 0 Å². The molecule has 0 aliphatic rings. The number of hydrogen-bond acceptors (Lipinski definition) is 3. The number of aromatic nitrogens is 2. The van der Waals surface area contributed by atoms with E-state index in [2.05, 4.69) is 25.0 Å². The Morgan fingerprint density at radius 3 is 2.50 bits per heavy atom. The minimum atomic E-state index is -0.466. The van der Waals surface area contributed by atoms with Gasteiger partial charge in [-0.2, -0.15) is 5.10 Å². The lowest BCUT2D eigenvalue weighted by Gasteiger charge is -2.07. The van der Waals surface area contributed by atoms with Crippen LogP contribution in [0.1, 0.15) is 28.1 Å². The summed E-state index contributed by atoms with van der Waals surface area (Å²) < 4.78 is 1.82. The lowest BCUT2D eigenvalue weighted by Crippen LogP contribution is -2.00. The fourth-order valence-corrected chi connectivity index (χ4v) is 2.14. The monoisotopic (exact) mass is 271 g/mol. The van der Waals surface area contributed by atoms with Crippen molar-refractivity contribution in [2.75, 3.05) is 0 Å². The van der Waals surface area contributed by atoms with Gasteiger partial charge < -0.3 is 0 Å². The average molecular weight is 271 g/mol. The normalized spacial score (nSPS) is 11.2. The summed E-state index contributed by atoms with van der Waals surface area (Å²) in [6.45, 7) is 7.88. The highest BCUT2D eigenvalue weighted by molar-refractivity contribution is 5.55. The summed E-state index contributed by atoms with van der Waals surface area (Å²) in [5.41, 5.74) is 5.85. The van der Waals surface area contributed by atoms with Gasteiger partial charge in [0.25, 0.3) is 0 Å². The van der Waals surface area contributed by atoms with Crippen LogP contribution in [-0.2, 0) is 0 Å². The van der Waals surface area contributed by atoms with E-state index in [9.17, 15) is 10.1 Å². The molecule has 0 N–H and O–H groups in total. The van der Waals surface area contributed by atoms with E-state index in [-0.39, 0.29) is 0 Å². The zero-order chi connectivity index (χ0) is 14.9. The van der Waals surface area contributed by atoms with E-state index in [0.717, 1.165) is 28.8 Å². The Balaban J connectivity index is 2.51. The molecule has 104 valence electrons. The van der Waals surface area contributed by atoms with Crippen LogP contribution in [-0.4, -0.2) is 14.7 Å². The number of nitrogens with zero attached hydrogens (tertiary/aromatic N) is 3. The van der Waals surface area contributed by atoms with Gasteiger partial charge in [-0.05, 0) is 51.0 Å². The Morgan fingerprint density at radius 1 is 1.20 bits per heavy atom. The molecule has 0 aliphatic carbocycles. The number of nitro groups is 1. The van der Waals surface area contributed by atoms with Crippen molar-refractivity contribution >= 4 is 6.08 Å². The van der Waals surface area contributed by atoms with Crippen molar-refractivity contribution in [3.8, 4) is 5.69 Å². The molecule has 5 heteroatoms. The first-order chi connectivity index (χ1) is 9.40. The van der Waals surface area contributed by atoms with Crippen molar-refractivity contribution in [3.63, 3.8) is 0 Å². The largest absolute Gasteiger partial charge is 0.259 e. The second-order valence-corrected chi connectivity index (χ2v) is 4.87. The van der Waals surface area contributed by atoms with Gasteiger partial charge in [-0.3, -0.25) is 10.1 Å². The molecule has 0 unspecified atom stereocenters. The zero-order valence-corrected chi connectivity index (χ0v) is 12.0. The van der Waals surface area contributed by atoms with Crippen LogP contribution in [0, 0.1) is 37.8 Å². The molecule has 0 aliphatic heterocycles.